The zero-order valence-electron chi connectivity index (χ0n) is 17.0. The van der Waals surface area contributed by atoms with E-state index in [0.717, 1.165) is 49.1 Å². The van der Waals surface area contributed by atoms with E-state index in [2.05, 4.69) is 4.98 Å². The van der Waals surface area contributed by atoms with Gasteiger partial charge in [-0.25, -0.2) is 4.98 Å². The molecule has 6 nitrogen and oxygen atoms in total. The average molecular weight is 402 g/mol. The van der Waals surface area contributed by atoms with Crippen molar-refractivity contribution in [1.82, 2.24) is 19.8 Å². The van der Waals surface area contributed by atoms with Crippen LogP contribution >= 0.6 is 0 Å². The second-order valence-electron chi connectivity index (χ2n) is 8.29. The highest BCUT2D eigenvalue weighted by molar-refractivity contribution is 5.94. The lowest BCUT2D eigenvalue weighted by Crippen LogP contribution is -2.46. The molecule has 3 aromatic rings. The third-order valence-corrected chi connectivity index (χ3v) is 6.34. The summed E-state index contributed by atoms with van der Waals surface area (Å²) in [5.41, 5.74) is 2.63. The maximum Gasteiger partial charge on any atom is 0.253 e. The van der Waals surface area contributed by atoms with Gasteiger partial charge >= 0.3 is 0 Å². The van der Waals surface area contributed by atoms with Crippen molar-refractivity contribution in [3.05, 3.63) is 66.0 Å². The molecule has 2 aromatic carbocycles. The van der Waals surface area contributed by atoms with Crippen LogP contribution in [0.3, 0.4) is 0 Å². The summed E-state index contributed by atoms with van der Waals surface area (Å²) in [6.45, 7) is 1.96. The van der Waals surface area contributed by atoms with Crippen molar-refractivity contribution >= 4 is 22.8 Å². The molecule has 0 spiro atoms. The number of rotatable bonds is 3. The number of nitrogens with one attached hydrogen (secondary N) is 1. The molecule has 2 saturated heterocycles. The molecule has 0 bridgehead atoms. The molecule has 2 fully saturated rings. The smallest absolute Gasteiger partial charge is 0.253 e. The van der Waals surface area contributed by atoms with E-state index in [9.17, 15) is 9.59 Å². The molecule has 0 radical (unpaired) electrons. The summed E-state index contributed by atoms with van der Waals surface area (Å²) in [6, 6.07) is 17.3. The molecule has 0 saturated carbocycles. The normalized spacial score (nSPS) is 21.9. The molecule has 6 heteroatoms. The minimum absolute atomic E-state index is 0.00917. The van der Waals surface area contributed by atoms with E-state index in [-0.39, 0.29) is 23.8 Å². The van der Waals surface area contributed by atoms with Gasteiger partial charge in [0.05, 0.1) is 23.0 Å². The monoisotopic (exact) mass is 402 g/mol. The highest BCUT2D eigenvalue weighted by Gasteiger charge is 2.38. The van der Waals surface area contributed by atoms with E-state index < -0.39 is 0 Å². The minimum atomic E-state index is -0.142. The number of fused-ring (bicyclic) bond motifs is 1. The van der Waals surface area contributed by atoms with E-state index >= 15 is 0 Å². The van der Waals surface area contributed by atoms with E-state index in [1.54, 1.807) is 0 Å². The Hall–Kier alpha value is -3.15. The third-order valence-electron chi connectivity index (χ3n) is 6.34. The zero-order chi connectivity index (χ0) is 20.5. The number of nitrogens with zero attached hydrogens (tertiary/aromatic N) is 3. The number of H-pyrrole nitrogens is 1. The van der Waals surface area contributed by atoms with Gasteiger partial charge in [0, 0.05) is 25.2 Å². The topological polar surface area (TPSA) is 69.3 Å². The van der Waals surface area contributed by atoms with Crippen molar-refractivity contribution in [2.75, 3.05) is 19.6 Å². The van der Waals surface area contributed by atoms with Crippen molar-refractivity contribution < 1.29 is 9.59 Å². The van der Waals surface area contributed by atoms with Crippen LogP contribution in [0.1, 0.15) is 47.9 Å². The lowest BCUT2D eigenvalue weighted by atomic mass is 9.95. The molecule has 2 unspecified atom stereocenters. The van der Waals surface area contributed by atoms with Crippen molar-refractivity contribution in [2.24, 2.45) is 5.92 Å². The van der Waals surface area contributed by atoms with Gasteiger partial charge in [-0.05, 0) is 49.9 Å². The summed E-state index contributed by atoms with van der Waals surface area (Å²) in [6.07, 6.45) is 3.59. The van der Waals surface area contributed by atoms with Crippen LogP contribution in [0.4, 0.5) is 0 Å². The first-order chi connectivity index (χ1) is 14.7. The predicted molar refractivity (Wildman–Crippen MR) is 115 cm³/mol. The quantitative estimate of drug-likeness (QED) is 0.725. The third kappa shape index (κ3) is 3.47. The molecule has 5 rings (SSSR count). The number of aromatic nitrogens is 2. The number of carbonyl (C=O) groups is 2. The van der Waals surface area contributed by atoms with Gasteiger partial charge in [-0.3, -0.25) is 9.59 Å². The fourth-order valence-electron chi connectivity index (χ4n) is 4.81. The number of benzene rings is 2. The Bertz CT molecular complexity index is 1030. The van der Waals surface area contributed by atoms with Gasteiger partial charge in [0.1, 0.15) is 5.82 Å². The van der Waals surface area contributed by atoms with E-state index in [0.29, 0.717) is 18.7 Å². The molecule has 1 N–H and O–H groups in total. The Kier molecular flexibility index (Phi) is 4.99. The first-order valence-electron chi connectivity index (χ1n) is 10.8. The van der Waals surface area contributed by atoms with E-state index in [4.69, 9.17) is 4.98 Å². The lowest BCUT2D eigenvalue weighted by molar-refractivity contribution is -0.138. The molecule has 3 heterocycles. The van der Waals surface area contributed by atoms with Gasteiger partial charge in [-0.15, -0.1) is 0 Å². The second-order valence-corrected chi connectivity index (χ2v) is 8.29. The molecule has 0 aliphatic carbocycles. The van der Waals surface area contributed by atoms with Gasteiger partial charge in [0.2, 0.25) is 5.91 Å². The second kappa shape index (κ2) is 7.94. The maximum atomic E-state index is 13.5. The van der Waals surface area contributed by atoms with Gasteiger partial charge < -0.3 is 14.8 Å². The summed E-state index contributed by atoms with van der Waals surface area (Å²) in [7, 11) is 0. The van der Waals surface area contributed by atoms with Crippen LogP contribution in [0.2, 0.25) is 0 Å². The fraction of sp³-hybridized carbons (Fsp3) is 0.375. The van der Waals surface area contributed by atoms with Crippen molar-refractivity contribution in [1.29, 1.82) is 0 Å². The highest BCUT2D eigenvalue weighted by Crippen LogP contribution is 2.34. The molecule has 2 amide bonds. The van der Waals surface area contributed by atoms with Crippen LogP contribution in [0.15, 0.2) is 54.6 Å². The lowest BCUT2D eigenvalue weighted by Gasteiger charge is -2.35. The minimum Gasteiger partial charge on any atom is -0.340 e. The first kappa shape index (κ1) is 18.9. The van der Waals surface area contributed by atoms with Crippen LogP contribution in [0.25, 0.3) is 11.0 Å². The van der Waals surface area contributed by atoms with Gasteiger partial charge in [-0.1, -0.05) is 30.3 Å². The van der Waals surface area contributed by atoms with Gasteiger partial charge in [0.15, 0.2) is 0 Å². The van der Waals surface area contributed by atoms with Crippen LogP contribution < -0.4 is 0 Å². The van der Waals surface area contributed by atoms with Crippen LogP contribution in [-0.2, 0) is 4.79 Å². The first-order valence-corrected chi connectivity index (χ1v) is 10.8. The Labute approximate surface area is 175 Å². The number of hydrogen-bond acceptors (Lipinski definition) is 3. The predicted octanol–water partition coefficient (Wildman–Crippen LogP) is 3.78. The average Bonchev–Trinajstić information content (AvgIpc) is 3.45. The van der Waals surface area contributed by atoms with Crippen molar-refractivity contribution in [2.45, 2.75) is 31.7 Å². The van der Waals surface area contributed by atoms with Gasteiger partial charge in [-0.2, -0.15) is 0 Å². The van der Waals surface area contributed by atoms with E-state index in [1.807, 2.05) is 64.4 Å². The number of amides is 2. The highest BCUT2D eigenvalue weighted by atomic mass is 16.2. The summed E-state index contributed by atoms with van der Waals surface area (Å²) < 4.78 is 0. The SMILES string of the molecule is O=C(c1ccccc1)N1CCCC(C(=O)N2CCCC2c2nc3ccccc3[nH]2)C1. The zero-order valence-corrected chi connectivity index (χ0v) is 17.0. The van der Waals surface area contributed by atoms with Crippen LogP contribution in [-0.4, -0.2) is 51.2 Å². The summed E-state index contributed by atoms with van der Waals surface area (Å²) >= 11 is 0. The summed E-state index contributed by atoms with van der Waals surface area (Å²) in [5, 5.41) is 0. The number of imidazole rings is 1. The van der Waals surface area contributed by atoms with E-state index in [1.165, 1.54) is 0 Å². The number of hydrogen-bond donors (Lipinski definition) is 1. The Morgan fingerprint density at radius 1 is 0.933 bits per heavy atom. The number of piperidine rings is 1. The van der Waals surface area contributed by atoms with Crippen molar-refractivity contribution in [3.8, 4) is 0 Å². The Morgan fingerprint density at radius 2 is 1.70 bits per heavy atom. The van der Waals surface area contributed by atoms with Crippen LogP contribution in [0.5, 0.6) is 0 Å². The van der Waals surface area contributed by atoms with Gasteiger partial charge in [0.25, 0.3) is 5.91 Å². The van der Waals surface area contributed by atoms with Crippen LogP contribution in [0, 0.1) is 5.92 Å². The molecule has 30 heavy (non-hydrogen) atoms. The number of aromatic amines is 1. The number of carbonyl (C=O) groups excluding carboxylic acids is 2. The molecule has 2 atom stereocenters. The molecular formula is C24H26N4O2. The summed E-state index contributed by atoms with van der Waals surface area (Å²) in [4.78, 5) is 38.3. The molecule has 2 aliphatic heterocycles. The number of para-hydroxylation sites is 2. The standard InChI is InChI=1S/C24H26N4O2/c29-23(17-8-2-1-3-9-17)27-14-6-10-18(16-27)24(30)28-15-7-13-21(28)22-25-19-11-4-5-12-20(19)26-22/h1-5,8-9,11-12,18,21H,6-7,10,13-16H2,(H,25,26). The Balaban J connectivity index is 1.32. The molecule has 154 valence electrons. The maximum absolute atomic E-state index is 13.5. The number of likely N-dealkylation sites (tertiary alicyclic amines) is 2. The van der Waals surface area contributed by atoms with Crippen molar-refractivity contribution in [3.63, 3.8) is 0 Å². The molecular weight excluding hydrogens is 376 g/mol. The molecule has 1 aromatic heterocycles. The molecule has 2 aliphatic rings. The Morgan fingerprint density at radius 3 is 2.53 bits per heavy atom. The largest absolute Gasteiger partial charge is 0.340 e. The summed E-state index contributed by atoms with van der Waals surface area (Å²) in [5.74, 6) is 0.901. The fourth-order valence-corrected chi connectivity index (χ4v) is 4.81.